The number of hydrogen-bond acceptors (Lipinski definition) is 5. The largest absolute Gasteiger partial charge is 0.467 e. The third kappa shape index (κ3) is 2.82. The number of methoxy groups -OCH3 is 1. The van der Waals surface area contributed by atoms with Gasteiger partial charge in [-0.2, -0.15) is 0 Å². The van der Waals surface area contributed by atoms with Crippen LogP contribution in [0.25, 0.3) is 0 Å². The highest BCUT2D eigenvalue weighted by molar-refractivity contribution is 5.81. The fourth-order valence-corrected chi connectivity index (χ4v) is 1.36. The van der Waals surface area contributed by atoms with E-state index in [-0.39, 0.29) is 13.2 Å². The average Bonchev–Trinajstić information content (AvgIpc) is 2.28. The minimum Gasteiger partial charge on any atom is -0.467 e. The van der Waals surface area contributed by atoms with Gasteiger partial charge in [0.1, 0.15) is 0 Å². The summed E-state index contributed by atoms with van der Waals surface area (Å²) in [5.74, 6) is -0.484. The minimum absolute atomic E-state index is 0.158. The maximum Gasteiger partial charge on any atom is 0.410 e. The van der Waals surface area contributed by atoms with Crippen molar-refractivity contribution in [1.82, 2.24) is 4.90 Å². The Labute approximate surface area is 88.1 Å². The van der Waals surface area contributed by atoms with Crippen molar-refractivity contribution in [3.05, 3.63) is 0 Å². The molecule has 0 radical (unpaired) electrons. The van der Waals surface area contributed by atoms with Crippen molar-refractivity contribution < 1.29 is 23.8 Å². The van der Waals surface area contributed by atoms with Gasteiger partial charge in [0.25, 0.3) is 0 Å². The predicted octanol–water partition coefficient (Wildman–Crippen LogP) is 0.0167. The first-order chi connectivity index (χ1) is 7.20. The molecule has 0 spiro atoms. The minimum atomic E-state index is -0.692. The van der Waals surface area contributed by atoms with Crippen molar-refractivity contribution in [3.8, 4) is 0 Å². The smallest absolute Gasteiger partial charge is 0.410 e. The number of nitrogens with zero attached hydrogens (tertiary/aromatic N) is 1. The van der Waals surface area contributed by atoms with Crippen molar-refractivity contribution in [3.63, 3.8) is 0 Å². The summed E-state index contributed by atoms with van der Waals surface area (Å²) in [6.07, 6.45) is -0.504. The first-order valence-corrected chi connectivity index (χ1v) is 4.79. The van der Waals surface area contributed by atoms with E-state index in [1.54, 1.807) is 6.92 Å². The van der Waals surface area contributed by atoms with Gasteiger partial charge >= 0.3 is 12.1 Å². The Balaban J connectivity index is 2.65. The third-order valence-corrected chi connectivity index (χ3v) is 2.10. The van der Waals surface area contributed by atoms with Gasteiger partial charge in [-0.05, 0) is 6.92 Å². The number of rotatable bonds is 2. The molecule has 86 valence electrons. The Morgan fingerprint density at radius 3 is 2.87 bits per heavy atom. The van der Waals surface area contributed by atoms with Gasteiger partial charge in [0.2, 0.25) is 0 Å². The van der Waals surface area contributed by atoms with Gasteiger partial charge in [0.05, 0.1) is 26.9 Å². The van der Waals surface area contributed by atoms with Crippen LogP contribution >= 0.6 is 0 Å². The molecule has 15 heavy (non-hydrogen) atoms. The number of hydrogen-bond donors (Lipinski definition) is 0. The second-order valence-corrected chi connectivity index (χ2v) is 3.01. The molecule has 1 unspecified atom stereocenters. The number of carbonyl (C=O) groups excluding carboxylic acids is 2. The lowest BCUT2D eigenvalue weighted by Crippen LogP contribution is -2.53. The van der Waals surface area contributed by atoms with Gasteiger partial charge in [-0.3, -0.25) is 4.90 Å². The molecule has 0 aliphatic carbocycles. The van der Waals surface area contributed by atoms with Crippen LogP contribution in [0.5, 0.6) is 0 Å². The molecule has 1 aliphatic rings. The molecule has 1 aliphatic heterocycles. The summed E-state index contributed by atoms with van der Waals surface area (Å²) in [4.78, 5) is 24.1. The lowest BCUT2D eigenvalue weighted by molar-refractivity contribution is -0.151. The van der Waals surface area contributed by atoms with Crippen LogP contribution in [0.4, 0.5) is 4.79 Å². The molecule has 0 bridgehead atoms. The van der Waals surface area contributed by atoms with Crippen LogP contribution in [0, 0.1) is 0 Å². The third-order valence-electron chi connectivity index (χ3n) is 2.10. The summed E-state index contributed by atoms with van der Waals surface area (Å²) in [7, 11) is 1.28. The lowest BCUT2D eigenvalue weighted by Gasteiger charge is -2.32. The standard InChI is InChI=1S/C9H15NO5/c1-3-15-9(12)10-4-5-14-6-7(10)8(11)13-2/h7H,3-6H2,1-2H3. The van der Waals surface area contributed by atoms with Crippen LogP contribution in [0.1, 0.15) is 6.92 Å². The zero-order valence-electron chi connectivity index (χ0n) is 8.89. The molecule has 1 amide bonds. The molecule has 6 heteroatoms. The zero-order valence-corrected chi connectivity index (χ0v) is 8.89. The summed E-state index contributed by atoms with van der Waals surface area (Å²) < 4.78 is 14.5. The lowest BCUT2D eigenvalue weighted by atomic mass is 10.2. The second kappa shape index (κ2) is 5.55. The molecular formula is C9H15NO5. The van der Waals surface area contributed by atoms with Crippen LogP contribution < -0.4 is 0 Å². The predicted molar refractivity (Wildman–Crippen MR) is 50.4 cm³/mol. The van der Waals surface area contributed by atoms with Crippen LogP contribution in [-0.4, -0.2) is 56.5 Å². The first kappa shape index (κ1) is 11.8. The van der Waals surface area contributed by atoms with Gasteiger partial charge in [-0.15, -0.1) is 0 Å². The molecular weight excluding hydrogens is 202 g/mol. The molecule has 1 saturated heterocycles. The van der Waals surface area contributed by atoms with Crippen LogP contribution in [-0.2, 0) is 19.0 Å². The summed E-state index contributed by atoms with van der Waals surface area (Å²) in [6, 6.07) is -0.692. The second-order valence-electron chi connectivity index (χ2n) is 3.01. The van der Waals surface area contributed by atoms with Crippen molar-refractivity contribution in [1.29, 1.82) is 0 Å². The molecule has 1 rings (SSSR count). The SMILES string of the molecule is CCOC(=O)N1CCOCC1C(=O)OC. The van der Waals surface area contributed by atoms with E-state index >= 15 is 0 Å². The normalized spacial score (nSPS) is 20.9. The number of ether oxygens (including phenoxy) is 3. The van der Waals surface area contributed by atoms with Crippen molar-refractivity contribution in [2.75, 3.05) is 33.5 Å². The van der Waals surface area contributed by atoms with Gasteiger partial charge in [-0.25, -0.2) is 9.59 Å². The molecule has 0 aromatic rings. The Bertz CT molecular complexity index is 243. The van der Waals surface area contributed by atoms with E-state index in [4.69, 9.17) is 9.47 Å². The molecule has 0 aromatic heterocycles. The van der Waals surface area contributed by atoms with E-state index in [1.165, 1.54) is 12.0 Å². The Morgan fingerprint density at radius 1 is 1.53 bits per heavy atom. The molecule has 0 N–H and O–H groups in total. The van der Waals surface area contributed by atoms with Gasteiger partial charge in [0.15, 0.2) is 6.04 Å². The van der Waals surface area contributed by atoms with E-state index in [1.807, 2.05) is 0 Å². The molecule has 1 heterocycles. The summed E-state index contributed by atoms with van der Waals surface area (Å²) >= 11 is 0. The molecule has 0 saturated carbocycles. The maximum absolute atomic E-state index is 11.5. The van der Waals surface area contributed by atoms with Crippen LogP contribution in [0.3, 0.4) is 0 Å². The summed E-state index contributed by atoms with van der Waals surface area (Å²) in [5.41, 5.74) is 0. The van der Waals surface area contributed by atoms with E-state index in [0.717, 1.165) is 0 Å². The first-order valence-electron chi connectivity index (χ1n) is 4.79. The highest BCUT2D eigenvalue weighted by Gasteiger charge is 2.34. The van der Waals surface area contributed by atoms with Crippen LogP contribution in [0.15, 0.2) is 0 Å². The van der Waals surface area contributed by atoms with Crippen molar-refractivity contribution >= 4 is 12.1 Å². The summed E-state index contributed by atoms with van der Waals surface area (Å²) in [5, 5.41) is 0. The fourth-order valence-electron chi connectivity index (χ4n) is 1.36. The quantitative estimate of drug-likeness (QED) is 0.610. The average molecular weight is 217 g/mol. The van der Waals surface area contributed by atoms with E-state index in [9.17, 15) is 9.59 Å². The van der Waals surface area contributed by atoms with E-state index in [0.29, 0.717) is 13.2 Å². The molecule has 1 atom stereocenters. The van der Waals surface area contributed by atoms with Gasteiger partial charge in [-0.1, -0.05) is 0 Å². The number of esters is 1. The Morgan fingerprint density at radius 2 is 2.27 bits per heavy atom. The van der Waals surface area contributed by atoms with Gasteiger partial charge < -0.3 is 14.2 Å². The topological polar surface area (TPSA) is 65.1 Å². The van der Waals surface area contributed by atoms with Gasteiger partial charge in [0, 0.05) is 6.54 Å². The molecule has 0 aromatic carbocycles. The number of morpholine rings is 1. The summed E-state index contributed by atoms with van der Waals surface area (Å²) in [6.45, 7) is 2.91. The molecule has 1 fully saturated rings. The monoisotopic (exact) mass is 217 g/mol. The number of amides is 1. The number of carbonyl (C=O) groups is 2. The fraction of sp³-hybridized carbons (Fsp3) is 0.778. The van der Waals surface area contributed by atoms with E-state index < -0.39 is 18.1 Å². The molecule has 6 nitrogen and oxygen atoms in total. The Kier molecular flexibility index (Phi) is 4.36. The van der Waals surface area contributed by atoms with Crippen LogP contribution in [0.2, 0.25) is 0 Å². The van der Waals surface area contributed by atoms with Crippen molar-refractivity contribution in [2.24, 2.45) is 0 Å². The van der Waals surface area contributed by atoms with Crippen molar-refractivity contribution in [2.45, 2.75) is 13.0 Å². The zero-order chi connectivity index (χ0) is 11.3. The highest BCUT2D eigenvalue weighted by Crippen LogP contribution is 2.10. The highest BCUT2D eigenvalue weighted by atomic mass is 16.6. The van der Waals surface area contributed by atoms with E-state index in [2.05, 4.69) is 4.74 Å². The Hall–Kier alpha value is -1.30. The maximum atomic E-state index is 11.5.